The fourth-order valence-corrected chi connectivity index (χ4v) is 2.53. The minimum Gasteiger partial charge on any atom is -0.376 e. The number of pyridine rings is 1. The minimum absolute atomic E-state index is 0.125. The molecule has 3 heterocycles. The zero-order valence-corrected chi connectivity index (χ0v) is 12.9. The van der Waals surface area contributed by atoms with Gasteiger partial charge in [-0.1, -0.05) is 0 Å². The van der Waals surface area contributed by atoms with E-state index in [9.17, 15) is 4.79 Å². The summed E-state index contributed by atoms with van der Waals surface area (Å²) in [4.78, 5) is 16.5. The Bertz CT molecular complexity index is 662. The summed E-state index contributed by atoms with van der Waals surface area (Å²) < 4.78 is 13.0. The normalized spacial score (nSPS) is 19.5. The molecule has 0 spiro atoms. The number of aromatic nitrogens is 2. The van der Waals surface area contributed by atoms with Crippen LogP contribution < -0.4 is 5.32 Å². The van der Waals surface area contributed by atoms with Crippen molar-refractivity contribution < 1.29 is 14.3 Å². The largest absolute Gasteiger partial charge is 0.376 e. The zero-order valence-electron chi connectivity index (χ0n) is 12.9. The Morgan fingerprint density at radius 2 is 2.50 bits per heavy atom. The molecule has 1 aliphatic heterocycles. The Kier molecular flexibility index (Phi) is 4.40. The number of fused-ring (bicyclic) bond motifs is 1. The molecule has 0 bridgehead atoms. The summed E-state index contributed by atoms with van der Waals surface area (Å²) in [5.74, 6) is -0.161. The van der Waals surface area contributed by atoms with Crippen LogP contribution in [0.4, 0.5) is 5.69 Å². The SMILES string of the molecule is Cc1cn2ccc(NC(=O)C(C)OCC3CCCO3)cc2n1. The summed E-state index contributed by atoms with van der Waals surface area (Å²) in [5, 5.41) is 2.86. The second-order valence-corrected chi connectivity index (χ2v) is 5.66. The summed E-state index contributed by atoms with van der Waals surface area (Å²) in [6.07, 6.45) is 5.50. The van der Waals surface area contributed by atoms with Gasteiger partial charge in [-0.05, 0) is 32.8 Å². The molecule has 2 unspecified atom stereocenters. The monoisotopic (exact) mass is 303 g/mol. The van der Waals surface area contributed by atoms with Gasteiger partial charge in [0, 0.05) is 30.8 Å². The zero-order chi connectivity index (χ0) is 15.5. The second-order valence-electron chi connectivity index (χ2n) is 5.66. The minimum atomic E-state index is -0.512. The van der Waals surface area contributed by atoms with E-state index < -0.39 is 6.10 Å². The van der Waals surface area contributed by atoms with Crippen molar-refractivity contribution in [3.8, 4) is 0 Å². The standard InChI is InChI=1S/C16H21N3O3/c1-11-9-19-6-5-13(8-15(19)17-11)18-16(20)12(2)22-10-14-4-3-7-21-14/h5-6,8-9,12,14H,3-4,7,10H2,1-2H3,(H,18,20). The third-order valence-corrected chi connectivity index (χ3v) is 3.77. The van der Waals surface area contributed by atoms with Gasteiger partial charge >= 0.3 is 0 Å². The Morgan fingerprint density at radius 3 is 3.27 bits per heavy atom. The summed E-state index contributed by atoms with van der Waals surface area (Å²) in [6.45, 7) is 4.94. The molecule has 2 aromatic rings. The number of rotatable bonds is 5. The van der Waals surface area contributed by atoms with Crippen molar-refractivity contribution in [3.63, 3.8) is 0 Å². The van der Waals surface area contributed by atoms with Crippen LogP contribution in [0, 0.1) is 6.92 Å². The van der Waals surface area contributed by atoms with Crippen LogP contribution in [0.2, 0.25) is 0 Å². The van der Waals surface area contributed by atoms with Gasteiger partial charge in [0.1, 0.15) is 11.8 Å². The summed E-state index contributed by atoms with van der Waals surface area (Å²) in [5.41, 5.74) is 2.47. The summed E-state index contributed by atoms with van der Waals surface area (Å²) >= 11 is 0. The van der Waals surface area contributed by atoms with E-state index in [0.717, 1.165) is 36.5 Å². The highest BCUT2D eigenvalue weighted by Gasteiger charge is 2.20. The van der Waals surface area contributed by atoms with Crippen LogP contribution >= 0.6 is 0 Å². The van der Waals surface area contributed by atoms with Crippen LogP contribution in [0.1, 0.15) is 25.5 Å². The smallest absolute Gasteiger partial charge is 0.253 e. The van der Waals surface area contributed by atoms with E-state index in [4.69, 9.17) is 9.47 Å². The highest BCUT2D eigenvalue weighted by molar-refractivity contribution is 5.94. The van der Waals surface area contributed by atoms with E-state index in [1.54, 1.807) is 6.92 Å². The molecule has 2 aromatic heterocycles. The quantitative estimate of drug-likeness (QED) is 0.919. The van der Waals surface area contributed by atoms with Gasteiger partial charge in [-0.15, -0.1) is 0 Å². The van der Waals surface area contributed by atoms with Crippen LogP contribution in [0.3, 0.4) is 0 Å². The van der Waals surface area contributed by atoms with Gasteiger partial charge in [0.15, 0.2) is 0 Å². The Balaban J connectivity index is 1.56. The molecule has 0 radical (unpaired) electrons. The first kappa shape index (κ1) is 15.0. The number of hydrogen-bond acceptors (Lipinski definition) is 4. The molecule has 118 valence electrons. The molecule has 2 atom stereocenters. The van der Waals surface area contributed by atoms with Gasteiger partial charge in [-0.2, -0.15) is 0 Å². The highest BCUT2D eigenvalue weighted by atomic mass is 16.5. The molecule has 6 heteroatoms. The molecule has 3 rings (SSSR count). The van der Waals surface area contributed by atoms with Crippen LogP contribution in [-0.2, 0) is 14.3 Å². The average Bonchev–Trinajstić information content (AvgIpc) is 3.12. The summed E-state index contributed by atoms with van der Waals surface area (Å²) in [7, 11) is 0. The number of carbonyl (C=O) groups is 1. The van der Waals surface area contributed by atoms with Crippen molar-refractivity contribution in [2.24, 2.45) is 0 Å². The maximum Gasteiger partial charge on any atom is 0.253 e. The third-order valence-electron chi connectivity index (χ3n) is 3.77. The lowest BCUT2D eigenvalue weighted by molar-refractivity contribution is -0.128. The molecular weight excluding hydrogens is 282 g/mol. The lowest BCUT2D eigenvalue weighted by Crippen LogP contribution is -2.30. The van der Waals surface area contributed by atoms with Crippen LogP contribution in [-0.4, -0.2) is 40.7 Å². The average molecular weight is 303 g/mol. The van der Waals surface area contributed by atoms with E-state index in [-0.39, 0.29) is 12.0 Å². The Morgan fingerprint density at radius 1 is 1.64 bits per heavy atom. The predicted molar refractivity (Wildman–Crippen MR) is 82.9 cm³/mol. The van der Waals surface area contributed by atoms with Crippen molar-refractivity contribution >= 4 is 17.2 Å². The first-order chi connectivity index (χ1) is 10.6. The lowest BCUT2D eigenvalue weighted by Gasteiger charge is -2.16. The van der Waals surface area contributed by atoms with Gasteiger partial charge in [0.05, 0.1) is 18.4 Å². The van der Waals surface area contributed by atoms with Crippen molar-refractivity contribution in [1.82, 2.24) is 9.38 Å². The summed E-state index contributed by atoms with van der Waals surface area (Å²) in [6, 6.07) is 3.69. The molecule has 1 N–H and O–H groups in total. The van der Waals surface area contributed by atoms with Crippen molar-refractivity contribution in [2.45, 2.75) is 38.9 Å². The van der Waals surface area contributed by atoms with E-state index in [2.05, 4.69) is 10.3 Å². The number of carbonyl (C=O) groups excluding carboxylic acids is 1. The molecule has 1 aliphatic rings. The van der Waals surface area contributed by atoms with Crippen molar-refractivity contribution in [3.05, 3.63) is 30.2 Å². The van der Waals surface area contributed by atoms with Gasteiger partial charge in [0.2, 0.25) is 0 Å². The third kappa shape index (κ3) is 3.45. The van der Waals surface area contributed by atoms with Crippen molar-refractivity contribution in [1.29, 1.82) is 0 Å². The molecule has 1 amide bonds. The Labute approximate surface area is 129 Å². The maximum atomic E-state index is 12.2. The van der Waals surface area contributed by atoms with Gasteiger partial charge in [0.25, 0.3) is 5.91 Å². The highest BCUT2D eigenvalue weighted by Crippen LogP contribution is 2.15. The number of aryl methyl sites for hydroxylation is 1. The van der Waals surface area contributed by atoms with Gasteiger partial charge in [-0.3, -0.25) is 4.79 Å². The van der Waals surface area contributed by atoms with Gasteiger partial charge in [-0.25, -0.2) is 4.98 Å². The first-order valence-electron chi connectivity index (χ1n) is 7.61. The van der Waals surface area contributed by atoms with Crippen LogP contribution in [0.25, 0.3) is 5.65 Å². The predicted octanol–water partition coefficient (Wildman–Crippen LogP) is 2.17. The molecule has 1 saturated heterocycles. The van der Waals surface area contributed by atoms with Crippen LogP contribution in [0.15, 0.2) is 24.5 Å². The molecule has 22 heavy (non-hydrogen) atoms. The second kappa shape index (κ2) is 6.46. The number of nitrogens with zero attached hydrogens (tertiary/aromatic N) is 2. The van der Waals surface area contributed by atoms with Crippen molar-refractivity contribution in [2.75, 3.05) is 18.5 Å². The fraction of sp³-hybridized carbons (Fsp3) is 0.500. The molecule has 0 aromatic carbocycles. The topological polar surface area (TPSA) is 64.9 Å². The van der Waals surface area contributed by atoms with Gasteiger partial charge < -0.3 is 19.2 Å². The number of nitrogens with one attached hydrogen (secondary N) is 1. The molecule has 0 aliphatic carbocycles. The maximum absolute atomic E-state index is 12.2. The lowest BCUT2D eigenvalue weighted by atomic mass is 10.2. The number of ether oxygens (including phenoxy) is 2. The first-order valence-corrected chi connectivity index (χ1v) is 7.61. The van der Waals surface area contributed by atoms with E-state index in [1.165, 1.54) is 0 Å². The van der Waals surface area contributed by atoms with E-state index in [1.807, 2.05) is 35.9 Å². The number of amides is 1. The number of imidazole rings is 1. The van der Waals surface area contributed by atoms with Crippen LogP contribution in [0.5, 0.6) is 0 Å². The Hall–Kier alpha value is -1.92. The number of hydrogen-bond donors (Lipinski definition) is 1. The molecular formula is C16H21N3O3. The molecule has 1 fully saturated rings. The molecule has 0 saturated carbocycles. The van der Waals surface area contributed by atoms with E-state index in [0.29, 0.717) is 6.61 Å². The fourth-order valence-electron chi connectivity index (χ4n) is 2.53. The van der Waals surface area contributed by atoms with E-state index >= 15 is 0 Å². The number of anilines is 1. The molecule has 6 nitrogen and oxygen atoms in total.